The van der Waals surface area contributed by atoms with E-state index in [-0.39, 0.29) is 17.8 Å². The van der Waals surface area contributed by atoms with Crippen LogP contribution in [0.4, 0.5) is 19.0 Å². The zero-order valence-electron chi connectivity index (χ0n) is 10.9. The molecule has 0 radical (unpaired) electrons. The van der Waals surface area contributed by atoms with E-state index in [0.29, 0.717) is 19.5 Å². The monoisotopic (exact) mass is 288 g/mol. The zero-order chi connectivity index (χ0) is 14.8. The molecule has 2 rings (SSSR count). The molecule has 110 valence electrons. The number of carbonyl (C=O) groups is 1. The summed E-state index contributed by atoms with van der Waals surface area (Å²) in [6.07, 6.45) is -2.10. The molecule has 2 atom stereocenters. The molecule has 1 fully saturated rings. The highest BCUT2D eigenvalue weighted by Crippen LogP contribution is 2.30. The van der Waals surface area contributed by atoms with Crippen LogP contribution >= 0.6 is 0 Å². The van der Waals surface area contributed by atoms with Gasteiger partial charge in [-0.2, -0.15) is 13.2 Å². The van der Waals surface area contributed by atoms with E-state index in [1.54, 1.807) is 4.90 Å². The van der Waals surface area contributed by atoms with Gasteiger partial charge in [0, 0.05) is 25.2 Å². The fraction of sp³-hybridized carbons (Fsp3) is 0.583. The van der Waals surface area contributed by atoms with Crippen LogP contribution in [0, 0.1) is 5.92 Å². The molecule has 1 N–H and O–H groups in total. The minimum atomic E-state index is -4.47. The Morgan fingerprint density at radius 2 is 2.25 bits per heavy atom. The Morgan fingerprint density at radius 1 is 1.50 bits per heavy atom. The predicted octanol–water partition coefficient (Wildman–Crippen LogP) is 1.46. The fourth-order valence-electron chi connectivity index (χ4n) is 2.32. The minimum Gasteiger partial charge on any atom is -0.356 e. The van der Waals surface area contributed by atoms with Crippen LogP contribution in [0.25, 0.3) is 0 Å². The molecular formula is C12H15F3N4O. The van der Waals surface area contributed by atoms with E-state index in [9.17, 15) is 18.0 Å². The Balaban J connectivity index is 2.08. The summed E-state index contributed by atoms with van der Waals surface area (Å²) in [7, 11) is 0. The number of anilines is 1. The first-order valence-electron chi connectivity index (χ1n) is 6.25. The van der Waals surface area contributed by atoms with Crippen molar-refractivity contribution < 1.29 is 18.0 Å². The quantitative estimate of drug-likeness (QED) is 0.852. The number of nitrogens with one attached hydrogen (secondary N) is 1. The molecule has 1 saturated heterocycles. The SMILES string of the molecule is CC(NC=O)C1CCN(c2cc(C(F)(F)F)ncn2)C1. The number of amides is 1. The lowest BCUT2D eigenvalue weighted by Gasteiger charge is -2.21. The Hall–Kier alpha value is -1.86. The van der Waals surface area contributed by atoms with Crippen LogP contribution in [-0.4, -0.2) is 35.5 Å². The number of alkyl halides is 3. The Kier molecular flexibility index (Phi) is 4.10. The van der Waals surface area contributed by atoms with Crippen molar-refractivity contribution in [2.45, 2.75) is 25.6 Å². The normalized spacial score (nSPS) is 20.8. The second-order valence-electron chi connectivity index (χ2n) is 4.83. The molecule has 1 aromatic rings. The van der Waals surface area contributed by atoms with Crippen LogP contribution in [0.1, 0.15) is 19.0 Å². The molecule has 20 heavy (non-hydrogen) atoms. The topological polar surface area (TPSA) is 58.1 Å². The van der Waals surface area contributed by atoms with Crippen molar-refractivity contribution in [1.29, 1.82) is 0 Å². The van der Waals surface area contributed by atoms with E-state index in [2.05, 4.69) is 15.3 Å². The summed E-state index contributed by atoms with van der Waals surface area (Å²) < 4.78 is 37.8. The highest BCUT2D eigenvalue weighted by molar-refractivity contribution is 5.47. The van der Waals surface area contributed by atoms with Crippen LogP contribution in [0.5, 0.6) is 0 Å². The van der Waals surface area contributed by atoms with Crippen LogP contribution in [0.15, 0.2) is 12.4 Å². The van der Waals surface area contributed by atoms with E-state index in [0.717, 1.165) is 18.8 Å². The number of hydrogen-bond acceptors (Lipinski definition) is 4. The van der Waals surface area contributed by atoms with Crippen molar-refractivity contribution >= 4 is 12.2 Å². The summed E-state index contributed by atoms with van der Waals surface area (Å²) in [5.41, 5.74) is -0.940. The lowest BCUT2D eigenvalue weighted by Crippen LogP contribution is -2.34. The first kappa shape index (κ1) is 14.5. The van der Waals surface area contributed by atoms with E-state index >= 15 is 0 Å². The summed E-state index contributed by atoms with van der Waals surface area (Å²) in [5, 5.41) is 2.68. The lowest BCUT2D eigenvalue weighted by atomic mass is 10.0. The number of rotatable bonds is 4. The van der Waals surface area contributed by atoms with Crippen molar-refractivity contribution in [3.8, 4) is 0 Å². The van der Waals surface area contributed by atoms with Crippen molar-refractivity contribution in [2.24, 2.45) is 5.92 Å². The van der Waals surface area contributed by atoms with E-state index in [1.165, 1.54) is 0 Å². The molecule has 5 nitrogen and oxygen atoms in total. The number of nitrogens with zero attached hydrogens (tertiary/aromatic N) is 3. The highest BCUT2D eigenvalue weighted by atomic mass is 19.4. The van der Waals surface area contributed by atoms with Gasteiger partial charge in [-0.15, -0.1) is 0 Å². The van der Waals surface area contributed by atoms with Gasteiger partial charge in [0.25, 0.3) is 0 Å². The molecule has 1 aliphatic rings. The molecule has 2 heterocycles. The Bertz CT molecular complexity index is 480. The summed E-state index contributed by atoms with van der Waals surface area (Å²) >= 11 is 0. The lowest BCUT2D eigenvalue weighted by molar-refractivity contribution is -0.141. The van der Waals surface area contributed by atoms with Crippen molar-refractivity contribution in [3.63, 3.8) is 0 Å². The summed E-state index contributed by atoms with van der Waals surface area (Å²) in [6.45, 7) is 3.06. The fourth-order valence-corrected chi connectivity index (χ4v) is 2.32. The largest absolute Gasteiger partial charge is 0.433 e. The highest BCUT2D eigenvalue weighted by Gasteiger charge is 2.34. The summed E-state index contributed by atoms with van der Waals surface area (Å²) in [6, 6.07) is 0.946. The number of carbonyl (C=O) groups excluding carboxylic acids is 1. The van der Waals surface area contributed by atoms with Crippen molar-refractivity contribution in [2.75, 3.05) is 18.0 Å². The number of aromatic nitrogens is 2. The van der Waals surface area contributed by atoms with E-state index in [1.807, 2.05) is 6.92 Å². The molecule has 0 aromatic carbocycles. The van der Waals surface area contributed by atoms with Gasteiger partial charge in [-0.3, -0.25) is 4.79 Å². The number of halogens is 3. The molecule has 0 saturated carbocycles. The van der Waals surface area contributed by atoms with Gasteiger partial charge in [0.2, 0.25) is 6.41 Å². The van der Waals surface area contributed by atoms with Crippen LogP contribution in [0.2, 0.25) is 0 Å². The molecule has 1 amide bonds. The van der Waals surface area contributed by atoms with Gasteiger partial charge in [0.1, 0.15) is 17.8 Å². The summed E-state index contributed by atoms with van der Waals surface area (Å²) in [5.74, 6) is 0.470. The van der Waals surface area contributed by atoms with Gasteiger partial charge < -0.3 is 10.2 Å². The van der Waals surface area contributed by atoms with E-state index in [4.69, 9.17) is 0 Å². The molecule has 2 unspecified atom stereocenters. The minimum absolute atomic E-state index is 0.0126. The van der Waals surface area contributed by atoms with Gasteiger partial charge in [0.05, 0.1) is 0 Å². The molecule has 0 aliphatic carbocycles. The average Bonchev–Trinajstić information content (AvgIpc) is 2.88. The first-order valence-corrected chi connectivity index (χ1v) is 6.25. The zero-order valence-corrected chi connectivity index (χ0v) is 10.9. The van der Waals surface area contributed by atoms with Gasteiger partial charge in [-0.05, 0) is 19.3 Å². The van der Waals surface area contributed by atoms with E-state index < -0.39 is 11.9 Å². The second-order valence-corrected chi connectivity index (χ2v) is 4.83. The maximum absolute atomic E-state index is 12.6. The van der Waals surface area contributed by atoms with Crippen LogP contribution in [-0.2, 0) is 11.0 Å². The Morgan fingerprint density at radius 3 is 2.90 bits per heavy atom. The second kappa shape index (κ2) is 5.64. The molecule has 1 aromatic heterocycles. The molecule has 8 heteroatoms. The molecule has 0 bridgehead atoms. The third kappa shape index (κ3) is 3.17. The van der Waals surface area contributed by atoms with Gasteiger partial charge >= 0.3 is 6.18 Å². The maximum atomic E-state index is 12.6. The third-order valence-electron chi connectivity index (χ3n) is 3.53. The van der Waals surface area contributed by atoms with Crippen LogP contribution in [0.3, 0.4) is 0 Å². The van der Waals surface area contributed by atoms with Crippen molar-refractivity contribution in [3.05, 3.63) is 18.1 Å². The molecule has 0 spiro atoms. The predicted molar refractivity (Wildman–Crippen MR) is 66.0 cm³/mol. The molecule has 1 aliphatic heterocycles. The van der Waals surface area contributed by atoms with Crippen LogP contribution < -0.4 is 10.2 Å². The average molecular weight is 288 g/mol. The third-order valence-corrected chi connectivity index (χ3v) is 3.53. The first-order chi connectivity index (χ1) is 9.41. The van der Waals surface area contributed by atoms with Crippen molar-refractivity contribution in [1.82, 2.24) is 15.3 Å². The van der Waals surface area contributed by atoms with Gasteiger partial charge in [-0.1, -0.05) is 0 Å². The smallest absolute Gasteiger partial charge is 0.356 e. The summed E-state index contributed by atoms with van der Waals surface area (Å²) in [4.78, 5) is 19.3. The number of hydrogen-bond donors (Lipinski definition) is 1. The standard InChI is InChI=1S/C12H15F3N4O/c1-8(18-7-20)9-2-3-19(5-9)11-4-10(12(13,14)15)16-6-17-11/h4,6-9H,2-3,5H2,1H3,(H,18,20). The Labute approximate surface area is 114 Å². The van der Waals surface area contributed by atoms with Gasteiger partial charge in [-0.25, -0.2) is 9.97 Å². The maximum Gasteiger partial charge on any atom is 0.433 e. The van der Waals surface area contributed by atoms with Gasteiger partial charge in [0.15, 0.2) is 0 Å². The molecular weight excluding hydrogens is 273 g/mol.